The largest absolute Gasteiger partial charge is 0.481 e. The van der Waals surface area contributed by atoms with Crippen LogP contribution in [0.2, 0.25) is 0 Å². The van der Waals surface area contributed by atoms with Gasteiger partial charge < -0.3 is 20.3 Å². The summed E-state index contributed by atoms with van der Waals surface area (Å²) in [5.74, 6) is 0.128. The summed E-state index contributed by atoms with van der Waals surface area (Å²) in [6, 6.07) is 25.0. The fraction of sp³-hybridized carbons (Fsp3) is 0.241. The number of nitrogens with one attached hydrogen (secondary N) is 2. The van der Waals surface area contributed by atoms with Crippen LogP contribution in [0.25, 0.3) is 22.8 Å². The monoisotopic (exact) mass is 498 g/mol. The third-order valence-corrected chi connectivity index (χ3v) is 6.28. The first-order chi connectivity index (χ1) is 17.9. The second-order valence-electron chi connectivity index (χ2n) is 8.90. The van der Waals surface area contributed by atoms with Crippen LogP contribution in [0, 0.1) is 5.92 Å². The van der Waals surface area contributed by atoms with Crippen LogP contribution in [-0.4, -0.2) is 33.7 Å². The molecule has 0 bridgehead atoms. The summed E-state index contributed by atoms with van der Waals surface area (Å²) in [5, 5.41) is 19.0. The smallest absolute Gasteiger partial charge is 0.305 e. The number of hydrogen-bond donors (Lipinski definition) is 3. The number of carboxylic acid groups (broad SMARTS) is 1. The highest BCUT2D eigenvalue weighted by molar-refractivity contribution is 5.94. The number of nitrogens with zero attached hydrogens (tertiary/aromatic N) is 2. The highest BCUT2D eigenvalue weighted by Gasteiger charge is 2.19. The number of aromatic nitrogens is 2. The van der Waals surface area contributed by atoms with Crippen LogP contribution in [0.15, 0.2) is 83.4 Å². The summed E-state index contributed by atoms with van der Waals surface area (Å²) in [4.78, 5) is 27.4. The summed E-state index contributed by atoms with van der Waals surface area (Å²) < 4.78 is 5.50. The van der Waals surface area contributed by atoms with E-state index in [1.165, 1.54) is 0 Å². The quantitative estimate of drug-likeness (QED) is 0.239. The average molecular weight is 499 g/mol. The highest BCUT2D eigenvalue weighted by Crippen LogP contribution is 2.31. The van der Waals surface area contributed by atoms with Crippen molar-refractivity contribution in [2.45, 2.75) is 32.7 Å². The van der Waals surface area contributed by atoms with Gasteiger partial charge in [-0.25, -0.2) is 0 Å². The predicted octanol–water partition coefficient (Wildman–Crippen LogP) is 5.81. The molecule has 0 aliphatic heterocycles. The molecule has 190 valence electrons. The van der Waals surface area contributed by atoms with Gasteiger partial charge in [-0.15, -0.1) is 0 Å². The van der Waals surface area contributed by atoms with E-state index >= 15 is 0 Å². The predicted molar refractivity (Wildman–Crippen MR) is 142 cm³/mol. The van der Waals surface area contributed by atoms with Crippen LogP contribution in [-0.2, 0) is 4.79 Å². The molecule has 0 aliphatic carbocycles. The van der Waals surface area contributed by atoms with E-state index in [0.717, 1.165) is 28.8 Å². The second kappa shape index (κ2) is 12.0. The van der Waals surface area contributed by atoms with Crippen molar-refractivity contribution in [3.63, 3.8) is 0 Å². The van der Waals surface area contributed by atoms with Crippen LogP contribution < -0.4 is 10.6 Å². The SMILES string of the molecule is CCC(C)C(Nc1ccc(C(=O)NCCC(=O)O)cc1)c1ccc(-c2nc(-c3ccccc3)no2)cc1. The molecule has 4 rings (SSSR count). The van der Waals surface area contributed by atoms with Gasteiger partial charge in [-0.1, -0.05) is 67.9 Å². The lowest BCUT2D eigenvalue weighted by Gasteiger charge is -2.26. The molecule has 2 atom stereocenters. The van der Waals surface area contributed by atoms with Gasteiger partial charge in [0.15, 0.2) is 0 Å². The Morgan fingerprint density at radius 2 is 1.65 bits per heavy atom. The molecule has 2 unspecified atom stereocenters. The zero-order valence-electron chi connectivity index (χ0n) is 20.8. The number of anilines is 1. The summed E-state index contributed by atoms with van der Waals surface area (Å²) in [7, 11) is 0. The molecular weight excluding hydrogens is 468 g/mol. The van der Waals surface area contributed by atoms with E-state index in [9.17, 15) is 9.59 Å². The van der Waals surface area contributed by atoms with Gasteiger partial charge in [-0.05, 0) is 47.9 Å². The summed E-state index contributed by atoms with van der Waals surface area (Å²) in [6.07, 6.45) is 0.870. The van der Waals surface area contributed by atoms with Crippen molar-refractivity contribution in [2.24, 2.45) is 5.92 Å². The first-order valence-corrected chi connectivity index (χ1v) is 12.3. The van der Waals surface area contributed by atoms with Crippen molar-refractivity contribution in [3.8, 4) is 22.8 Å². The van der Waals surface area contributed by atoms with Crippen molar-refractivity contribution in [1.82, 2.24) is 15.5 Å². The lowest BCUT2D eigenvalue weighted by atomic mass is 9.91. The Morgan fingerprint density at radius 1 is 0.946 bits per heavy atom. The minimum absolute atomic E-state index is 0.0526. The van der Waals surface area contributed by atoms with Gasteiger partial charge in [0.1, 0.15) is 0 Å². The molecule has 37 heavy (non-hydrogen) atoms. The molecule has 8 nitrogen and oxygen atoms in total. The van der Waals surface area contributed by atoms with E-state index in [1.807, 2.05) is 54.6 Å². The number of benzene rings is 3. The Kier molecular flexibility index (Phi) is 8.30. The Balaban J connectivity index is 1.45. The van der Waals surface area contributed by atoms with Crippen LogP contribution in [0.1, 0.15) is 48.7 Å². The fourth-order valence-corrected chi connectivity index (χ4v) is 3.95. The summed E-state index contributed by atoms with van der Waals surface area (Å²) in [5.41, 5.74) is 4.24. The molecule has 8 heteroatoms. The molecule has 4 aromatic rings. The molecule has 1 heterocycles. The van der Waals surface area contributed by atoms with Crippen molar-refractivity contribution < 1.29 is 19.2 Å². The van der Waals surface area contributed by atoms with Crippen molar-refractivity contribution >= 4 is 17.6 Å². The van der Waals surface area contributed by atoms with Gasteiger partial charge >= 0.3 is 5.97 Å². The first-order valence-electron chi connectivity index (χ1n) is 12.3. The van der Waals surface area contributed by atoms with Gasteiger partial charge in [0.05, 0.1) is 12.5 Å². The van der Waals surface area contributed by atoms with Gasteiger partial charge in [0.25, 0.3) is 11.8 Å². The zero-order valence-corrected chi connectivity index (χ0v) is 20.8. The number of carbonyl (C=O) groups excluding carboxylic acids is 1. The van der Waals surface area contributed by atoms with Crippen LogP contribution in [0.5, 0.6) is 0 Å². The van der Waals surface area contributed by atoms with Crippen molar-refractivity contribution in [2.75, 3.05) is 11.9 Å². The Bertz CT molecular complexity index is 1320. The van der Waals surface area contributed by atoms with Gasteiger partial charge in [0, 0.05) is 28.9 Å². The molecule has 1 amide bonds. The molecule has 0 fully saturated rings. The Hall–Kier alpha value is -4.46. The van der Waals surface area contributed by atoms with E-state index in [2.05, 4.69) is 46.8 Å². The minimum Gasteiger partial charge on any atom is -0.481 e. The number of aliphatic carboxylic acids is 1. The third-order valence-electron chi connectivity index (χ3n) is 6.28. The molecule has 0 spiro atoms. The number of hydrogen-bond acceptors (Lipinski definition) is 6. The van der Waals surface area contributed by atoms with E-state index < -0.39 is 5.97 Å². The molecule has 3 aromatic carbocycles. The van der Waals surface area contributed by atoms with E-state index in [4.69, 9.17) is 9.63 Å². The number of rotatable bonds is 11. The fourth-order valence-electron chi connectivity index (χ4n) is 3.95. The Morgan fingerprint density at radius 3 is 2.30 bits per heavy atom. The Labute approximate surface area is 215 Å². The van der Waals surface area contributed by atoms with Gasteiger partial charge in [0.2, 0.25) is 5.82 Å². The average Bonchev–Trinajstić information content (AvgIpc) is 3.42. The molecule has 0 saturated heterocycles. The van der Waals surface area contributed by atoms with Gasteiger partial charge in [-0.3, -0.25) is 9.59 Å². The van der Waals surface area contributed by atoms with Crippen LogP contribution in [0.4, 0.5) is 5.69 Å². The topological polar surface area (TPSA) is 117 Å². The van der Waals surface area contributed by atoms with E-state index in [1.54, 1.807) is 12.1 Å². The van der Waals surface area contributed by atoms with Crippen molar-refractivity contribution in [3.05, 3.63) is 90.0 Å². The normalized spacial score (nSPS) is 12.5. The minimum atomic E-state index is -0.946. The number of carboxylic acids is 1. The molecular formula is C29H30N4O4. The molecule has 1 aromatic heterocycles. The van der Waals surface area contributed by atoms with E-state index in [0.29, 0.717) is 23.2 Å². The standard InChI is InChI=1S/C29H30N4O4/c1-3-19(2)26(31-24-15-13-22(14-16-24)28(36)30-18-17-25(34)35)20-9-11-23(12-10-20)29-32-27(33-37-29)21-7-5-4-6-8-21/h4-16,19,26,31H,3,17-18H2,1-2H3,(H,30,36)(H,34,35). The third kappa shape index (κ3) is 6.61. The van der Waals surface area contributed by atoms with Crippen LogP contribution >= 0.6 is 0 Å². The summed E-state index contributed by atoms with van der Waals surface area (Å²) >= 11 is 0. The van der Waals surface area contributed by atoms with Gasteiger partial charge in [-0.2, -0.15) is 4.98 Å². The molecule has 3 N–H and O–H groups in total. The van der Waals surface area contributed by atoms with Crippen molar-refractivity contribution in [1.29, 1.82) is 0 Å². The van der Waals surface area contributed by atoms with E-state index in [-0.39, 0.29) is 24.9 Å². The number of amides is 1. The number of carbonyl (C=O) groups is 2. The lowest BCUT2D eigenvalue weighted by molar-refractivity contribution is -0.136. The lowest BCUT2D eigenvalue weighted by Crippen LogP contribution is -2.26. The maximum atomic E-state index is 12.2. The molecule has 0 aliphatic rings. The molecule has 0 saturated carbocycles. The summed E-state index contributed by atoms with van der Waals surface area (Å²) in [6.45, 7) is 4.44. The second-order valence-corrected chi connectivity index (χ2v) is 8.90. The first kappa shape index (κ1) is 25.6. The van der Waals surface area contributed by atoms with Crippen LogP contribution in [0.3, 0.4) is 0 Å². The maximum absolute atomic E-state index is 12.2. The zero-order chi connectivity index (χ0) is 26.2. The maximum Gasteiger partial charge on any atom is 0.305 e. The molecule has 0 radical (unpaired) electrons. The highest BCUT2D eigenvalue weighted by atomic mass is 16.5.